The zero-order valence-electron chi connectivity index (χ0n) is 6.61. The highest BCUT2D eigenvalue weighted by molar-refractivity contribution is 5.15. The minimum absolute atomic E-state index is 0.0290. The predicted octanol–water partition coefficient (Wildman–Crippen LogP) is -0.240. The SMILES string of the molecule is COc1nc(C#N)nc(OC)n1. The average Bonchev–Trinajstić information content (AvgIpc) is 2.16. The molecule has 62 valence electrons. The van der Waals surface area contributed by atoms with Crippen molar-refractivity contribution in [1.82, 2.24) is 15.0 Å². The van der Waals surface area contributed by atoms with Crippen LogP contribution in [-0.4, -0.2) is 29.2 Å². The van der Waals surface area contributed by atoms with Gasteiger partial charge in [-0.2, -0.15) is 15.2 Å². The van der Waals surface area contributed by atoms with E-state index in [2.05, 4.69) is 15.0 Å². The van der Waals surface area contributed by atoms with Gasteiger partial charge in [-0.15, -0.1) is 4.98 Å². The fourth-order valence-electron chi connectivity index (χ4n) is 0.571. The van der Waals surface area contributed by atoms with Gasteiger partial charge < -0.3 is 9.47 Å². The van der Waals surface area contributed by atoms with Crippen molar-refractivity contribution >= 4 is 0 Å². The third-order valence-corrected chi connectivity index (χ3v) is 1.06. The molecule has 0 aromatic carbocycles. The second-order valence-electron chi connectivity index (χ2n) is 1.74. The molecule has 0 unspecified atom stereocenters. The monoisotopic (exact) mass is 166 g/mol. The van der Waals surface area contributed by atoms with Crippen molar-refractivity contribution in [3.05, 3.63) is 5.82 Å². The van der Waals surface area contributed by atoms with Crippen LogP contribution in [0.3, 0.4) is 0 Å². The zero-order chi connectivity index (χ0) is 8.97. The lowest BCUT2D eigenvalue weighted by atomic mass is 10.7. The standard InChI is InChI=1S/C6H6N4O2/c1-11-5-8-4(3-7)9-6(10-5)12-2/h1-2H3. The summed E-state index contributed by atoms with van der Waals surface area (Å²) >= 11 is 0. The maximum absolute atomic E-state index is 8.46. The predicted molar refractivity (Wildman–Crippen MR) is 37.6 cm³/mol. The number of hydrogen-bond acceptors (Lipinski definition) is 6. The molecule has 1 aromatic rings. The van der Waals surface area contributed by atoms with Crippen LogP contribution in [0.2, 0.25) is 0 Å². The van der Waals surface area contributed by atoms with E-state index in [9.17, 15) is 0 Å². The Morgan fingerprint density at radius 1 is 1.08 bits per heavy atom. The van der Waals surface area contributed by atoms with E-state index >= 15 is 0 Å². The molecule has 12 heavy (non-hydrogen) atoms. The van der Waals surface area contributed by atoms with Gasteiger partial charge >= 0.3 is 12.0 Å². The van der Waals surface area contributed by atoms with Crippen molar-refractivity contribution in [2.24, 2.45) is 0 Å². The Morgan fingerprint density at radius 3 is 1.92 bits per heavy atom. The van der Waals surface area contributed by atoms with Crippen molar-refractivity contribution in [3.63, 3.8) is 0 Å². The fraction of sp³-hybridized carbons (Fsp3) is 0.333. The van der Waals surface area contributed by atoms with Crippen molar-refractivity contribution in [2.45, 2.75) is 0 Å². The van der Waals surface area contributed by atoms with E-state index in [-0.39, 0.29) is 17.8 Å². The molecule has 0 aliphatic rings. The topological polar surface area (TPSA) is 80.9 Å². The molecule has 0 N–H and O–H groups in total. The third-order valence-electron chi connectivity index (χ3n) is 1.06. The summed E-state index contributed by atoms with van der Waals surface area (Å²) in [7, 11) is 2.80. The highest BCUT2D eigenvalue weighted by atomic mass is 16.5. The molecule has 0 radical (unpaired) electrons. The number of aromatic nitrogens is 3. The molecule has 1 heterocycles. The summed E-state index contributed by atoms with van der Waals surface area (Å²) in [5, 5.41) is 8.46. The van der Waals surface area contributed by atoms with E-state index in [1.807, 2.05) is 0 Å². The van der Waals surface area contributed by atoms with E-state index < -0.39 is 0 Å². The van der Waals surface area contributed by atoms with Crippen LogP contribution in [0.4, 0.5) is 0 Å². The average molecular weight is 166 g/mol. The Hall–Kier alpha value is -1.90. The normalized spacial score (nSPS) is 8.75. The number of hydrogen-bond donors (Lipinski definition) is 0. The maximum Gasteiger partial charge on any atom is 0.323 e. The van der Waals surface area contributed by atoms with Gasteiger partial charge in [0.1, 0.15) is 6.07 Å². The fourth-order valence-corrected chi connectivity index (χ4v) is 0.571. The summed E-state index contributed by atoms with van der Waals surface area (Å²) < 4.78 is 9.41. The number of ether oxygens (including phenoxy) is 2. The van der Waals surface area contributed by atoms with Crippen molar-refractivity contribution < 1.29 is 9.47 Å². The Bertz CT molecular complexity index is 298. The second-order valence-corrected chi connectivity index (χ2v) is 1.74. The Kier molecular flexibility index (Phi) is 2.38. The van der Waals surface area contributed by atoms with E-state index in [1.165, 1.54) is 14.2 Å². The molecule has 0 amide bonds. The first-order valence-corrected chi connectivity index (χ1v) is 3.04. The molecule has 0 aliphatic heterocycles. The maximum atomic E-state index is 8.46. The first-order chi connectivity index (χ1) is 5.80. The van der Waals surface area contributed by atoms with Crippen LogP contribution < -0.4 is 9.47 Å². The Balaban J connectivity index is 3.12. The van der Waals surface area contributed by atoms with Gasteiger partial charge in [0, 0.05) is 0 Å². The lowest BCUT2D eigenvalue weighted by Gasteiger charge is -1.99. The molecule has 0 saturated heterocycles. The molecule has 1 rings (SSSR count). The molecular formula is C6H6N4O2. The third kappa shape index (κ3) is 1.58. The van der Waals surface area contributed by atoms with Crippen molar-refractivity contribution in [1.29, 1.82) is 5.26 Å². The van der Waals surface area contributed by atoms with Gasteiger partial charge in [-0.1, -0.05) is 0 Å². The van der Waals surface area contributed by atoms with Crippen LogP contribution in [0.5, 0.6) is 12.0 Å². The first kappa shape index (κ1) is 8.20. The lowest BCUT2D eigenvalue weighted by molar-refractivity contribution is 0.339. The van der Waals surface area contributed by atoms with Crippen molar-refractivity contribution in [3.8, 4) is 18.1 Å². The Morgan fingerprint density at radius 2 is 1.58 bits per heavy atom. The van der Waals surface area contributed by atoms with E-state index in [0.717, 1.165) is 0 Å². The summed E-state index contributed by atoms with van der Waals surface area (Å²) in [4.78, 5) is 11.0. The van der Waals surface area contributed by atoms with E-state index in [0.29, 0.717) is 0 Å². The van der Waals surface area contributed by atoms with Gasteiger partial charge in [-0.05, 0) is 0 Å². The highest BCUT2D eigenvalue weighted by Crippen LogP contribution is 2.07. The van der Waals surface area contributed by atoms with Crippen molar-refractivity contribution in [2.75, 3.05) is 14.2 Å². The van der Waals surface area contributed by atoms with Gasteiger partial charge in [0.25, 0.3) is 0 Å². The summed E-state index contributed by atoms with van der Waals surface area (Å²) in [6.07, 6.45) is 0. The number of rotatable bonds is 2. The molecular weight excluding hydrogens is 160 g/mol. The zero-order valence-corrected chi connectivity index (χ0v) is 6.61. The Labute approximate surface area is 68.8 Å². The van der Waals surface area contributed by atoms with E-state index in [1.54, 1.807) is 6.07 Å². The molecule has 0 spiro atoms. The minimum atomic E-state index is -0.0290. The molecule has 0 bridgehead atoms. The van der Waals surface area contributed by atoms with Crippen LogP contribution in [0.1, 0.15) is 5.82 Å². The van der Waals surface area contributed by atoms with Crippen LogP contribution in [0.15, 0.2) is 0 Å². The largest absolute Gasteiger partial charge is 0.467 e. The number of nitriles is 1. The quantitative estimate of drug-likeness (QED) is 0.603. The molecule has 6 nitrogen and oxygen atoms in total. The van der Waals surface area contributed by atoms with Crippen LogP contribution in [0, 0.1) is 11.3 Å². The van der Waals surface area contributed by atoms with Gasteiger partial charge in [-0.25, -0.2) is 0 Å². The summed E-state index contributed by atoms with van der Waals surface area (Å²) in [6.45, 7) is 0. The smallest absolute Gasteiger partial charge is 0.323 e. The van der Waals surface area contributed by atoms with Crippen LogP contribution >= 0.6 is 0 Å². The van der Waals surface area contributed by atoms with E-state index in [4.69, 9.17) is 14.7 Å². The molecule has 0 atom stereocenters. The van der Waals surface area contributed by atoms with Gasteiger partial charge in [-0.3, -0.25) is 0 Å². The molecule has 0 saturated carbocycles. The van der Waals surface area contributed by atoms with Gasteiger partial charge in [0.15, 0.2) is 0 Å². The summed E-state index contributed by atoms with van der Waals surface area (Å²) in [5.41, 5.74) is 0. The molecule has 0 fully saturated rings. The minimum Gasteiger partial charge on any atom is -0.467 e. The number of methoxy groups -OCH3 is 2. The van der Waals surface area contributed by atoms with Gasteiger partial charge in [0.2, 0.25) is 5.82 Å². The van der Waals surface area contributed by atoms with Crippen LogP contribution in [0.25, 0.3) is 0 Å². The highest BCUT2D eigenvalue weighted by Gasteiger charge is 2.04. The van der Waals surface area contributed by atoms with Gasteiger partial charge in [0.05, 0.1) is 14.2 Å². The summed E-state index contributed by atoms with van der Waals surface area (Å²) in [5.74, 6) is -0.0290. The first-order valence-electron chi connectivity index (χ1n) is 3.04. The molecule has 0 aliphatic carbocycles. The number of nitrogens with zero attached hydrogens (tertiary/aromatic N) is 4. The molecule has 6 heteroatoms. The molecule has 1 aromatic heterocycles. The summed E-state index contributed by atoms with van der Waals surface area (Å²) in [6, 6.07) is 1.89. The van der Waals surface area contributed by atoms with Crippen LogP contribution in [-0.2, 0) is 0 Å². The second kappa shape index (κ2) is 3.48. The lowest BCUT2D eigenvalue weighted by Crippen LogP contribution is -2.00.